The lowest BCUT2D eigenvalue weighted by atomic mass is 10.00. The van der Waals surface area contributed by atoms with Crippen LogP contribution < -0.4 is 11.1 Å². The van der Waals surface area contributed by atoms with Gasteiger partial charge in [0.2, 0.25) is 17.0 Å². The number of nitrogens with one attached hydrogen (secondary N) is 1. The molecule has 1 amide bonds. The molecular formula is C12H15N7OS. The van der Waals surface area contributed by atoms with Crippen molar-refractivity contribution in [2.75, 3.05) is 11.6 Å². The van der Waals surface area contributed by atoms with Crippen LogP contribution in [0.4, 0.5) is 5.95 Å². The number of primary amides is 1. The molecule has 3 rings (SSSR count). The Morgan fingerprint density at radius 1 is 1.52 bits per heavy atom. The molecule has 1 atom stereocenters. The van der Waals surface area contributed by atoms with Crippen molar-refractivity contribution in [3.05, 3.63) is 29.2 Å². The lowest BCUT2D eigenvalue weighted by molar-refractivity contribution is -0.115. The van der Waals surface area contributed by atoms with E-state index in [9.17, 15) is 4.79 Å². The molecule has 9 heteroatoms. The van der Waals surface area contributed by atoms with Crippen LogP contribution in [0.1, 0.15) is 18.7 Å². The van der Waals surface area contributed by atoms with Crippen molar-refractivity contribution in [3.63, 3.8) is 0 Å². The third kappa shape index (κ3) is 2.09. The summed E-state index contributed by atoms with van der Waals surface area (Å²) in [6, 6.07) is 1.41. The molecule has 1 aliphatic heterocycles. The molecule has 2 aromatic heterocycles. The Morgan fingerprint density at radius 2 is 2.29 bits per heavy atom. The Bertz CT molecular complexity index is 745. The van der Waals surface area contributed by atoms with Gasteiger partial charge in [0.15, 0.2) is 0 Å². The number of nitrogens with zero attached hydrogens (tertiary/aromatic N) is 5. The van der Waals surface area contributed by atoms with E-state index in [1.165, 1.54) is 11.8 Å². The van der Waals surface area contributed by atoms with Crippen LogP contribution in [0.25, 0.3) is 0 Å². The van der Waals surface area contributed by atoms with Crippen LogP contribution >= 0.6 is 11.8 Å². The fourth-order valence-corrected chi connectivity index (χ4v) is 2.81. The summed E-state index contributed by atoms with van der Waals surface area (Å²) in [6.45, 7) is 1.81. The number of hydrogen-bond acceptors (Lipinski definition) is 6. The number of anilines is 1. The maximum absolute atomic E-state index is 11.9. The third-order valence-corrected chi connectivity index (χ3v) is 3.96. The number of aryl methyl sites for hydroxylation is 1. The molecule has 1 aliphatic rings. The molecule has 0 aromatic carbocycles. The van der Waals surface area contributed by atoms with Crippen LogP contribution in [0.5, 0.6) is 0 Å². The summed E-state index contributed by atoms with van der Waals surface area (Å²) in [5, 5.41) is 12.3. The average Bonchev–Trinajstić information content (AvgIpc) is 3.02. The van der Waals surface area contributed by atoms with Crippen LogP contribution in [-0.4, -0.2) is 36.7 Å². The number of aromatic nitrogens is 5. The molecule has 0 saturated carbocycles. The topological polar surface area (TPSA) is 104 Å². The van der Waals surface area contributed by atoms with Crippen LogP contribution in [-0.2, 0) is 11.8 Å². The second-order valence-corrected chi connectivity index (χ2v) is 5.45. The molecule has 3 N–H and O–H groups in total. The van der Waals surface area contributed by atoms with Gasteiger partial charge in [0, 0.05) is 18.9 Å². The van der Waals surface area contributed by atoms with E-state index in [1.807, 2.05) is 19.4 Å². The monoisotopic (exact) mass is 305 g/mol. The van der Waals surface area contributed by atoms with Crippen molar-refractivity contribution in [2.45, 2.75) is 18.1 Å². The first-order chi connectivity index (χ1) is 10.0. The zero-order valence-corrected chi connectivity index (χ0v) is 12.7. The van der Waals surface area contributed by atoms with Gasteiger partial charge in [0.25, 0.3) is 0 Å². The van der Waals surface area contributed by atoms with Gasteiger partial charge in [-0.15, -0.1) is 5.10 Å². The van der Waals surface area contributed by atoms with E-state index in [-0.39, 0.29) is 0 Å². The van der Waals surface area contributed by atoms with E-state index >= 15 is 0 Å². The predicted molar refractivity (Wildman–Crippen MR) is 78.7 cm³/mol. The van der Waals surface area contributed by atoms with Crippen LogP contribution in [0.15, 0.2) is 28.7 Å². The van der Waals surface area contributed by atoms with Gasteiger partial charge < -0.3 is 11.1 Å². The summed E-state index contributed by atoms with van der Waals surface area (Å²) in [5.74, 6) is 0.103. The molecule has 110 valence electrons. The molecule has 0 bridgehead atoms. The van der Waals surface area contributed by atoms with Crippen molar-refractivity contribution in [3.8, 4) is 0 Å². The summed E-state index contributed by atoms with van der Waals surface area (Å²) in [6.07, 6.45) is 3.58. The lowest BCUT2D eigenvalue weighted by Gasteiger charge is -2.27. The molecular weight excluding hydrogens is 290 g/mol. The van der Waals surface area contributed by atoms with E-state index in [1.54, 1.807) is 22.5 Å². The zero-order chi connectivity index (χ0) is 15.1. The maximum atomic E-state index is 11.9. The Balaban J connectivity index is 2.23. The van der Waals surface area contributed by atoms with E-state index in [0.717, 1.165) is 5.69 Å². The summed E-state index contributed by atoms with van der Waals surface area (Å²) in [4.78, 5) is 16.3. The van der Waals surface area contributed by atoms with E-state index in [4.69, 9.17) is 5.73 Å². The minimum atomic E-state index is -0.488. The van der Waals surface area contributed by atoms with Gasteiger partial charge in [-0.1, -0.05) is 11.8 Å². The fourth-order valence-electron chi connectivity index (χ4n) is 2.46. The van der Waals surface area contributed by atoms with Crippen molar-refractivity contribution in [1.29, 1.82) is 0 Å². The number of carbonyl (C=O) groups excluding carboxylic acids is 1. The van der Waals surface area contributed by atoms with Crippen molar-refractivity contribution < 1.29 is 4.79 Å². The maximum Gasteiger partial charge on any atom is 0.248 e. The highest BCUT2D eigenvalue weighted by Gasteiger charge is 2.34. The van der Waals surface area contributed by atoms with E-state index < -0.39 is 11.9 Å². The first-order valence-corrected chi connectivity index (χ1v) is 7.51. The molecule has 0 unspecified atom stereocenters. The summed E-state index contributed by atoms with van der Waals surface area (Å²) in [5.41, 5.74) is 7.53. The Hall–Kier alpha value is -2.29. The van der Waals surface area contributed by atoms with E-state index in [2.05, 4.69) is 20.5 Å². The van der Waals surface area contributed by atoms with E-state index in [0.29, 0.717) is 22.4 Å². The summed E-state index contributed by atoms with van der Waals surface area (Å²) < 4.78 is 3.38. The zero-order valence-electron chi connectivity index (χ0n) is 11.9. The van der Waals surface area contributed by atoms with Gasteiger partial charge in [-0.3, -0.25) is 9.48 Å². The smallest absolute Gasteiger partial charge is 0.248 e. The fraction of sp³-hybridized carbons (Fsp3) is 0.333. The molecule has 8 nitrogen and oxygen atoms in total. The first kappa shape index (κ1) is 13.7. The number of allylic oxidation sites excluding steroid dienone is 1. The van der Waals surface area contributed by atoms with Gasteiger partial charge in [-0.05, 0) is 19.2 Å². The number of carbonyl (C=O) groups is 1. The number of hydrogen-bond donors (Lipinski definition) is 2. The molecule has 2 aromatic rings. The van der Waals surface area contributed by atoms with Crippen molar-refractivity contribution in [2.24, 2.45) is 12.8 Å². The third-order valence-electron chi connectivity index (χ3n) is 3.42. The van der Waals surface area contributed by atoms with Crippen molar-refractivity contribution in [1.82, 2.24) is 24.5 Å². The molecule has 0 fully saturated rings. The van der Waals surface area contributed by atoms with Gasteiger partial charge in [-0.2, -0.15) is 10.1 Å². The molecule has 21 heavy (non-hydrogen) atoms. The second-order valence-electron chi connectivity index (χ2n) is 4.68. The van der Waals surface area contributed by atoms with Crippen molar-refractivity contribution >= 4 is 23.6 Å². The SMILES string of the molecule is CSc1nc2n(n1)[C@H](c1ccnn1C)C(C(N)=O)=C(C)N2. The lowest BCUT2D eigenvalue weighted by Crippen LogP contribution is -2.32. The second kappa shape index (κ2) is 4.92. The average molecular weight is 305 g/mol. The van der Waals surface area contributed by atoms with Crippen LogP contribution in [0, 0.1) is 0 Å². The summed E-state index contributed by atoms with van der Waals surface area (Å²) in [7, 11) is 1.82. The van der Waals surface area contributed by atoms with Crippen LogP contribution in [0.2, 0.25) is 0 Å². The highest BCUT2D eigenvalue weighted by molar-refractivity contribution is 7.98. The number of rotatable bonds is 3. The minimum absolute atomic E-state index is 0.431. The number of amides is 1. The van der Waals surface area contributed by atoms with Gasteiger partial charge in [0.05, 0.1) is 11.3 Å². The molecule has 0 saturated heterocycles. The summed E-state index contributed by atoms with van der Waals surface area (Å²) >= 11 is 1.44. The molecule has 3 heterocycles. The number of thioether (sulfide) groups is 1. The predicted octanol–water partition coefficient (Wildman–Crippen LogP) is 0.508. The Kier molecular flexibility index (Phi) is 3.20. The molecule has 0 spiro atoms. The largest absolute Gasteiger partial charge is 0.366 e. The first-order valence-electron chi connectivity index (χ1n) is 6.29. The number of nitrogens with two attached hydrogens (primary N) is 1. The van der Waals surface area contributed by atoms with Gasteiger partial charge in [-0.25, -0.2) is 4.68 Å². The highest BCUT2D eigenvalue weighted by atomic mass is 32.2. The minimum Gasteiger partial charge on any atom is -0.366 e. The van der Waals surface area contributed by atoms with Gasteiger partial charge >= 0.3 is 0 Å². The van der Waals surface area contributed by atoms with Crippen LogP contribution in [0.3, 0.4) is 0 Å². The normalized spacial score (nSPS) is 17.6. The van der Waals surface area contributed by atoms with Gasteiger partial charge in [0.1, 0.15) is 6.04 Å². The number of fused-ring (bicyclic) bond motifs is 1. The molecule has 0 aliphatic carbocycles. The standard InChI is InChI=1S/C12H15N7OS/c1-6-8(10(13)20)9(7-4-5-14-18(7)2)19-11(15-6)16-12(17-19)21-3/h4-5,9H,1-3H3,(H2,13,20)(H,15,16,17)/t9-/m1/s1. The molecule has 0 radical (unpaired) electrons. The Labute approximate surface area is 125 Å². The quantitative estimate of drug-likeness (QED) is 0.801. The highest BCUT2D eigenvalue weighted by Crippen LogP contribution is 2.35. The Morgan fingerprint density at radius 3 is 2.86 bits per heavy atom.